The molecule has 0 heterocycles. The molecule has 6 aliphatic carbocycles. The van der Waals surface area contributed by atoms with Crippen molar-refractivity contribution in [1.29, 1.82) is 0 Å². The van der Waals surface area contributed by atoms with Crippen molar-refractivity contribution in [3.63, 3.8) is 0 Å². The van der Waals surface area contributed by atoms with E-state index >= 15 is 0 Å². The Morgan fingerprint density at radius 2 is 1.42 bits per heavy atom. The van der Waals surface area contributed by atoms with Crippen LogP contribution in [0.1, 0.15) is 0 Å². The van der Waals surface area contributed by atoms with Crippen molar-refractivity contribution < 1.29 is 15.0 Å². The van der Waals surface area contributed by atoms with Crippen molar-refractivity contribution in [2.24, 2.45) is 40.9 Å². The van der Waals surface area contributed by atoms with Crippen LogP contribution in [0.3, 0.4) is 0 Å². The van der Waals surface area contributed by atoms with Gasteiger partial charge in [0.2, 0.25) is 0 Å². The summed E-state index contributed by atoms with van der Waals surface area (Å²) >= 11 is 0. The summed E-state index contributed by atoms with van der Waals surface area (Å²) in [6.45, 7) is 0. The van der Waals surface area contributed by atoms with Crippen LogP contribution < -0.4 is 0 Å². The molecule has 0 saturated heterocycles. The second kappa shape index (κ2) is 0.882. The molecule has 0 aromatic rings. The highest BCUT2D eigenvalue weighted by atomic mass is 16.4. The molecule has 0 bridgehead atoms. The molecule has 62 valence electrons. The van der Waals surface area contributed by atoms with Gasteiger partial charge in [0.05, 0.1) is 11.0 Å². The van der Waals surface area contributed by atoms with E-state index < -0.39 is 5.97 Å². The summed E-state index contributed by atoms with van der Waals surface area (Å²) in [6.07, 6.45) is 0. The van der Waals surface area contributed by atoms with E-state index in [2.05, 4.69) is 0 Å². The smallest absolute Gasteiger partial charge is 0.310 e. The van der Waals surface area contributed by atoms with E-state index in [0.29, 0.717) is 35.5 Å². The van der Waals surface area contributed by atoms with E-state index in [1.807, 2.05) is 0 Å². The van der Waals surface area contributed by atoms with Crippen LogP contribution in [-0.2, 0) is 4.79 Å². The molecule has 0 amide bonds. The molecule has 0 unspecified atom stereocenters. The molecule has 0 radical (unpaired) electrons. The first-order valence-corrected chi connectivity index (χ1v) is 4.63. The van der Waals surface area contributed by atoms with Crippen molar-refractivity contribution in [1.82, 2.24) is 0 Å². The Morgan fingerprint density at radius 3 is 1.75 bits per heavy atom. The first-order chi connectivity index (χ1) is 5.68. The minimum absolute atomic E-state index is 0.301. The van der Waals surface area contributed by atoms with Crippen LogP contribution >= 0.6 is 0 Å². The van der Waals surface area contributed by atoms with E-state index in [1.54, 1.807) is 0 Å². The molecule has 2 N–H and O–H groups in total. The Bertz CT molecular complexity index is 318. The maximum Gasteiger partial charge on any atom is 0.310 e. The van der Waals surface area contributed by atoms with E-state index in [0.717, 1.165) is 0 Å². The Kier molecular flexibility index (Phi) is 0.384. The molecule has 3 nitrogen and oxygen atoms in total. The number of rotatable bonds is 1. The summed E-state index contributed by atoms with van der Waals surface area (Å²) in [5, 5.41) is 19.0. The topological polar surface area (TPSA) is 57.5 Å². The molecule has 0 aromatic heterocycles. The molecular formula is C9H8O3. The molecule has 6 rings (SSSR count). The maximum absolute atomic E-state index is 11.0. The standard InChI is InChI=1S/C9H8O3/c10-7(11)8-1-4-2(8)6-3(8)5(1)9(4,6)12/h1-6,12H,(H,10,11). The van der Waals surface area contributed by atoms with Crippen LogP contribution in [-0.4, -0.2) is 21.8 Å². The molecule has 3 heteroatoms. The summed E-state index contributed by atoms with van der Waals surface area (Å²) in [5.74, 6) is 1.82. The van der Waals surface area contributed by atoms with Gasteiger partial charge in [0.1, 0.15) is 0 Å². The van der Waals surface area contributed by atoms with E-state index in [-0.39, 0.29) is 11.0 Å². The van der Waals surface area contributed by atoms with E-state index in [1.165, 1.54) is 0 Å². The number of carbonyl (C=O) groups is 1. The van der Waals surface area contributed by atoms with Gasteiger partial charge in [-0.15, -0.1) is 0 Å². The first-order valence-electron chi connectivity index (χ1n) is 4.63. The molecular weight excluding hydrogens is 156 g/mol. The predicted molar refractivity (Wildman–Crippen MR) is 36.0 cm³/mol. The second-order valence-corrected chi connectivity index (χ2v) is 5.28. The van der Waals surface area contributed by atoms with Crippen molar-refractivity contribution in [3.8, 4) is 0 Å². The minimum Gasteiger partial charge on any atom is -0.481 e. The lowest BCUT2D eigenvalue weighted by Crippen LogP contribution is -3.13. The first kappa shape index (κ1) is 5.22. The van der Waals surface area contributed by atoms with Gasteiger partial charge in [-0.2, -0.15) is 0 Å². The number of carboxylic acids is 1. The highest BCUT2D eigenvalue weighted by Crippen LogP contribution is 3.06. The molecule has 0 spiro atoms. The molecule has 6 aliphatic rings. The highest BCUT2D eigenvalue weighted by molar-refractivity contribution is 5.87. The van der Waals surface area contributed by atoms with Crippen LogP contribution in [0, 0.1) is 40.9 Å². The highest BCUT2D eigenvalue weighted by Gasteiger charge is 3.12. The summed E-state index contributed by atoms with van der Waals surface area (Å²) in [4.78, 5) is 11.0. The van der Waals surface area contributed by atoms with E-state index in [9.17, 15) is 9.90 Å². The number of hydrogen-bond acceptors (Lipinski definition) is 2. The SMILES string of the molecule is O=C(O)C12C3C4C1C1C2C3C41O. The Morgan fingerprint density at radius 1 is 1.00 bits per heavy atom. The van der Waals surface area contributed by atoms with Gasteiger partial charge in [0.25, 0.3) is 0 Å². The summed E-state index contributed by atoms with van der Waals surface area (Å²) in [7, 11) is 0. The van der Waals surface area contributed by atoms with Gasteiger partial charge in [-0.25, -0.2) is 0 Å². The molecule has 0 aromatic carbocycles. The van der Waals surface area contributed by atoms with Gasteiger partial charge in [0, 0.05) is 0 Å². The lowest BCUT2D eigenvalue weighted by molar-refractivity contribution is -0.647. The van der Waals surface area contributed by atoms with Gasteiger partial charge in [-0.1, -0.05) is 0 Å². The number of aliphatic hydroxyl groups is 1. The number of hydrogen-bond donors (Lipinski definition) is 2. The van der Waals surface area contributed by atoms with Crippen molar-refractivity contribution >= 4 is 5.97 Å². The molecule has 0 atom stereocenters. The fraction of sp³-hybridized carbons (Fsp3) is 0.889. The molecule has 6 fully saturated rings. The van der Waals surface area contributed by atoms with Crippen molar-refractivity contribution in [2.75, 3.05) is 0 Å². The van der Waals surface area contributed by atoms with Gasteiger partial charge in [-0.05, 0) is 35.5 Å². The predicted octanol–water partition coefficient (Wildman–Crippen LogP) is -0.446. The van der Waals surface area contributed by atoms with Crippen LogP contribution in [0.4, 0.5) is 0 Å². The number of carboxylic acid groups (broad SMARTS) is 1. The van der Waals surface area contributed by atoms with E-state index in [4.69, 9.17) is 5.11 Å². The summed E-state index contributed by atoms with van der Waals surface area (Å²) in [5.41, 5.74) is -0.637. The van der Waals surface area contributed by atoms with Gasteiger partial charge in [-0.3, -0.25) is 4.79 Å². The average Bonchev–Trinajstić information content (AvgIpc) is 2.04. The zero-order valence-corrected chi connectivity index (χ0v) is 6.27. The molecule has 12 heavy (non-hydrogen) atoms. The van der Waals surface area contributed by atoms with Crippen LogP contribution in [0.25, 0.3) is 0 Å². The Hall–Kier alpha value is -0.570. The zero-order chi connectivity index (χ0) is 8.04. The summed E-state index contributed by atoms with van der Waals surface area (Å²) in [6, 6.07) is 0. The minimum atomic E-state index is -0.576. The van der Waals surface area contributed by atoms with Gasteiger partial charge in [0.15, 0.2) is 0 Å². The fourth-order valence-corrected chi connectivity index (χ4v) is 5.90. The lowest BCUT2D eigenvalue weighted by atomic mass is 8.95. The largest absolute Gasteiger partial charge is 0.481 e. The van der Waals surface area contributed by atoms with Gasteiger partial charge >= 0.3 is 5.97 Å². The monoisotopic (exact) mass is 164 g/mol. The molecule has 0 aliphatic heterocycles. The summed E-state index contributed by atoms with van der Waals surface area (Å²) < 4.78 is 0. The zero-order valence-electron chi connectivity index (χ0n) is 6.27. The maximum atomic E-state index is 11.0. The van der Waals surface area contributed by atoms with Crippen LogP contribution in [0.15, 0.2) is 0 Å². The Labute approximate surface area is 68.4 Å². The third-order valence-corrected chi connectivity index (χ3v) is 5.95. The lowest BCUT2D eigenvalue weighted by Gasteiger charge is -3.08. The van der Waals surface area contributed by atoms with Crippen LogP contribution in [0.5, 0.6) is 0 Å². The third kappa shape index (κ3) is 0.157. The normalized spacial score (nSPS) is 88.1. The average molecular weight is 164 g/mol. The van der Waals surface area contributed by atoms with Crippen LogP contribution in [0.2, 0.25) is 0 Å². The van der Waals surface area contributed by atoms with Crippen molar-refractivity contribution in [3.05, 3.63) is 0 Å². The number of aliphatic carboxylic acids is 1. The van der Waals surface area contributed by atoms with Gasteiger partial charge < -0.3 is 10.2 Å². The fourth-order valence-electron chi connectivity index (χ4n) is 5.90. The third-order valence-electron chi connectivity index (χ3n) is 5.95. The van der Waals surface area contributed by atoms with Crippen molar-refractivity contribution in [2.45, 2.75) is 5.60 Å². The molecule has 6 saturated carbocycles. The second-order valence-electron chi connectivity index (χ2n) is 5.28. The Balaban J connectivity index is 1.75. The quantitative estimate of drug-likeness (QED) is 0.552.